The number of benzene rings is 2. The molecule has 1 aliphatic carbocycles. The Hall–Kier alpha value is -2.62. The summed E-state index contributed by atoms with van der Waals surface area (Å²) in [6.07, 6.45) is 9.71. The van der Waals surface area contributed by atoms with Gasteiger partial charge in [0.1, 0.15) is 0 Å². The molecule has 168 valence electrons. The number of ether oxygens (including phenoxy) is 1. The first-order valence-electron chi connectivity index (χ1n) is 12.1. The van der Waals surface area contributed by atoms with Crippen LogP contribution in [0.3, 0.4) is 0 Å². The first-order valence-corrected chi connectivity index (χ1v) is 12.1. The van der Waals surface area contributed by atoms with Crippen LogP contribution < -0.4 is 9.64 Å². The molecule has 0 atom stereocenters. The summed E-state index contributed by atoms with van der Waals surface area (Å²) in [5.74, 6) is 0.316. The molecule has 2 aliphatic heterocycles. The third-order valence-electron chi connectivity index (χ3n) is 7.49. The zero-order chi connectivity index (χ0) is 22.4. The molecule has 0 saturated carbocycles. The number of aryl methyl sites for hydroxylation is 1. The van der Waals surface area contributed by atoms with E-state index in [1.165, 1.54) is 23.1 Å². The summed E-state index contributed by atoms with van der Waals surface area (Å²) in [5, 5.41) is 0. The maximum Gasteiger partial charge on any atom is 0.253 e. The molecule has 5 rings (SSSR count). The van der Waals surface area contributed by atoms with E-state index in [0.29, 0.717) is 18.9 Å². The van der Waals surface area contributed by atoms with Gasteiger partial charge in [0, 0.05) is 23.4 Å². The third kappa shape index (κ3) is 3.35. The molecule has 0 radical (unpaired) electrons. The fourth-order valence-corrected chi connectivity index (χ4v) is 5.84. The Kier molecular flexibility index (Phi) is 5.56. The maximum atomic E-state index is 15.1. The van der Waals surface area contributed by atoms with Crippen molar-refractivity contribution in [3.8, 4) is 16.9 Å². The smallest absolute Gasteiger partial charge is 0.253 e. The molecule has 2 aromatic carbocycles. The monoisotopic (exact) mass is 433 g/mol. The van der Waals surface area contributed by atoms with Crippen LogP contribution in [-0.4, -0.2) is 19.1 Å². The zero-order valence-corrected chi connectivity index (χ0v) is 19.4. The van der Waals surface area contributed by atoms with Gasteiger partial charge in [-0.05, 0) is 111 Å². The molecule has 2 heterocycles. The van der Waals surface area contributed by atoms with Crippen molar-refractivity contribution in [1.29, 1.82) is 0 Å². The largest absolute Gasteiger partial charge is 0.490 e. The Bertz CT molecular complexity index is 1130. The van der Waals surface area contributed by atoms with Crippen molar-refractivity contribution in [1.82, 2.24) is 0 Å². The number of allylic oxidation sites excluding steroid dienone is 1. The van der Waals surface area contributed by atoms with Crippen LogP contribution in [0.5, 0.6) is 5.75 Å². The van der Waals surface area contributed by atoms with E-state index in [4.69, 9.17) is 4.74 Å². The maximum absolute atomic E-state index is 15.1. The number of halogens is 1. The minimum Gasteiger partial charge on any atom is -0.490 e. The predicted molar refractivity (Wildman–Crippen MR) is 127 cm³/mol. The number of carbonyl (C=O) groups is 1. The standard InChI is InChI=1S/C28H32FNO2/c1-4-20-17(2)15-25-22(12-13-30(25)28(31)19-9-6-5-7-10-19)26(20)23-16-24(29)27-21(18(23)3)11-8-14-32-27/h9,15-16H,4-8,10-14H2,1-3H3. The highest BCUT2D eigenvalue weighted by Crippen LogP contribution is 2.45. The van der Waals surface area contributed by atoms with Gasteiger partial charge in [0.25, 0.3) is 5.91 Å². The highest BCUT2D eigenvalue weighted by molar-refractivity contribution is 6.07. The summed E-state index contributed by atoms with van der Waals surface area (Å²) in [7, 11) is 0. The van der Waals surface area contributed by atoms with Crippen molar-refractivity contribution < 1.29 is 13.9 Å². The van der Waals surface area contributed by atoms with E-state index in [1.807, 2.05) is 4.90 Å². The first-order chi connectivity index (χ1) is 15.5. The van der Waals surface area contributed by atoms with E-state index in [9.17, 15) is 4.79 Å². The summed E-state index contributed by atoms with van der Waals surface area (Å²) in [6.45, 7) is 7.66. The normalized spacial score (nSPS) is 17.5. The van der Waals surface area contributed by atoms with Gasteiger partial charge in [-0.3, -0.25) is 4.79 Å². The molecule has 0 unspecified atom stereocenters. The molecule has 0 saturated heterocycles. The molecular weight excluding hydrogens is 401 g/mol. The summed E-state index contributed by atoms with van der Waals surface area (Å²) in [6, 6.07) is 3.85. The van der Waals surface area contributed by atoms with Crippen LogP contribution >= 0.6 is 0 Å². The number of hydrogen-bond donors (Lipinski definition) is 0. The highest BCUT2D eigenvalue weighted by atomic mass is 19.1. The third-order valence-corrected chi connectivity index (χ3v) is 7.49. The fraction of sp³-hybridized carbons (Fsp3) is 0.464. The number of hydrogen-bond acceptors (Lipinski definition) is 2. The summed E-state index contributed by atoms with van der Waals surface area (Å²) >= 11 is 0. The predicted octanol–water partition coefficient (Wildman–Crippen LogP) is 6.39. The molecule has 3 nitrogen and oxygen atoms in total. The van der Waals surface area contributed by atoms with Crippen LogP contribution in [0.25, 0.3) is 11.1 Å². The van der Waals surface area contributed by atoms with Crippen LogP contribution in [0.4, 0.5) is 10.1 Å². The number of anilines is 1. The summed E-state index contributed by atoms with van der Waals surface area (Å²) in [4.78, 5) is 15.3. The van der Waals surface area contributed by atoms with Gasteiger partial charge >= 0.3 is 0 Å². The Morgan fingerprint density at radius 3 is 2.69 bits per heavy atom. The second kappa shape index (κ2) is 8.38. The fourth-order valence-electron chi connectivity index (χ4n) is 5.84. The topological polar surface area (TPSA) is 29.5 Å². The van der Waals surface area contributed by atoms with E-state index in [-0.39, 0.29) is 11.7 Å². The molecule has 3 aliphatic rings. The quantitative estimate of drug-likeness (QED) is 0.562. The van der Waals surface area contributed by atoms with Gasteiger partial charge in [-0.1, -0.05) is 13.0 Å². The van der Waals surface area contributed by atoms with Crippen molar-refractivity contribution in [2.24, 2.45) is 0 Å². The van der Waals surface area contributed by atoms with Gasteiger partial charge in [0.2, 0.25) is 0 Å². The summed E-state index contributed by atoms with van der Waals surface area (Å²) in [5.41, 5.74) is 9.81. The molecule has 2 aromatic rings. The second-order valence-corrected chi connectivity index (χ2v) is 9.37. The molecule has 32 heavy (non-hydrogen) atoms. The van der Waals surface area contributed by atoms with Gasteiger partial charge in [0.05, 0.1) is 6.61 Å². The van der Waals surface area contributed by atoms with Crippen molar-refractivity contribution in [2.45, 2.75) is 72.1 Å². The van der Waals surface area contributed by atoms with E-state index < -0.39 is 0 Å². The van der Waals surface area contributed by atoms with Crippen LogP contribution in [0.1, 0.15) is 66.8 Å². The molecule has 0 bridgehead atoms. The molecule has 0 N–H and O–H groups in total. The first kappa shape index (κ1) is 21.2. The van der Waals surface area contributed by atoms with Gasteiger partial charge in [-0.25, -0.2) is 4.39 Å². The van der Waals surface area contributed by atoms with Gasteiger partial charge in [-0.2, -0.15) is 0 Å². The Labute approximate surface area is 190 Å². The number of rotatable bonds is 3. The van der Waals surface area contributed by atoms with Crippen molar-refractivity contribution in [3.05, 3.63) is 57.4 Å². The van der Waals surface area contributed by atoms with Crippen molar-refractivity contribution >= 4 is 11.6 Å². The lowest BCUT2D eigenvalue weighted by molar-refractivity contribution is -0.115. The van der Waals surface area contributed by atoms with Crippen molar-refractivity contribution in [2.75, 3.05) is 18.1 Å². The average Bonchev–Trinajstić information content (AvgIpc) is 3.24. The van der Waals surface area contributed by atoms with Crippen LogP contribution in [0.2, 0.25) is 0 Å². The van der Waals surface area contributed by atoms with E-state index >= 15 is 4.39 Å². The minimum atomic E-state index is -0.268. The van der Waals surface area contributed by atoms with Gasteiger partial charge < -0.3 is 9.64 Å². The molecule has 1 amide bonds. The van der Waals surface area contributed by atoms with Gasteiger partial charge in [0.15, 0.2) is 11.6 Å². The van der Waals surface area contributed by atoms with Crippen molar-refractivity contribution in [3.63, 3.8) is 0 Å². The SMILES string of the molecule is CCc1c(C)cc2c(c1-c1cc(F)c3c(c1C)CCCO3)CCN2C(=O)C1=CCCCC1. The Morgan fingerprint density at radius 2 is 1.94 bits per heavy atom. The number of nitrogens with zero attached hydrogens (tertiary/aromatic N) is 1. The average molecular weight is 434 g/mol. The second-order valence-electron chi connectivity index (χ2n) is 9.37. The van der Waals surface area contributed by atoms with E-state index in [0.717, 1.165) is 78.5 Å². The Balaban J connectivity index is 1.67. The van der Waals surface area contributed by atoms with Crippen LogP contribution in [0, 0.1) is 19.7 Å². The lowest BCUT2D eigenvalue weighted by atomic mass is 9.84. The minimum absolute atomic E-state index is 0.153. The van der Waals surface area contributed by atoms with Gasteiger partial charge in [-0.15, -0.1) is 0 Å². The number of fused-ring (bicyclic) bond motifs is 2. The van der Waals surface area contributed by atoms with Crippen LogP contribution in [0.15, 0.2) is 23.8 Å². The molecule has 0 aromatic heterocycles. The zero-order valence-electron chi connectivity index (χ0n) is 19.4. The lowest BCUT2D eigenvalue weighted by Crippen LogP contribution is -2.30. The van der Waals surface area contributed by atoms with E-state index in [2.05, 4.69) is 32.9 Å². The van der Waals surface area contributed by atoms with Crippen LogP contribution in [-0.2, 0) is 24.1 Å². The number of amides is 1. The Morgan fingerprint density at radius 1 is 1.09 bits per heavy atom. The highest BCUT2D eigenvalue weighted by Gasteiger charge is 2.32. The molecule has 4 heteroatoms. The summed E-state index contributed by atoms with van der Waals surface area (Å²) < 4.78 is 20.8. The molecule has 0 fully saturated rings. The molecule has 0 spiro atoms. The molecular formula is C28H32FNO2. The number of carbonyl (C=O) groups excluding carboxylic acids is 1. The van der Waals surface area contributed by atoms with E-state index in [1.54, 1.807) is 6.07 Å². The lowest BCUT2D eigenvalue weighted by Gasteiger charge is -2.26.